The van der Waals surface area contributed by atoms with Gasteiger partial charge in [0.25, 0.3) is 5.91 Å². The lowest BCUT2D eigenvalue weighted by atomic mass is 10.0. The summed E-state index contributed by atoms with van der Waals surface area (Å²) >= 11 is 16.1. The van der Waals surface area contributed by atoms with Crippen LogP contribution < -0.4 is 5.43 Å². The molecule has 1 fully saturated rings. The van der Waals surface area contributed by atoms with Crippen molar-refractivity contribution in [1.29, 1.82) is 0 Å². The second-order valence-corrected chi connectivity index (χ2v) is 9.46. The molecule has 2 N–H and O–H groups in total. The Labute approximate surface area is 205 Å². The molecule has 168 valence electrons. The first-order chi connectivity index (χ1) is 15.4. The topological polar surface area (TPSA) is 70.4 Å². The summed E-state index contributed by atoms with van der Waals surface area (Å²) in [5, 5.41) is 17.3. The van der Waals surface area contributed by atoms with E-state index in [0.29, 0.717) is 53.8 Å². The average Bonchev–Trinajstić information content (AvgIpc) is 3.15. The van der Waals surface area contributed by atoms with Crippen molar-refractivity contribution in [3.63, 3.8) is 0 Å². The maximum Gasteiger partial charge on any atom is 0.286 e. The molecule has 2 heterocycles. The number of hydrazine groups is 1. The van der Waals surface area contributed by atoms with E-state index in [1.807, 2.05) is 36.2 Å². The third kappa shape index (κ3) is 4.87. The Morgan fingerprint density at radius 3 is 2.50 bits per heavy atom. The third-order valence-corrected chi connectivity index (χ3v) is 6.60. The molecule has 0 aliphatic carbocycles. The molecule has 3 aromatic rings. The van der Waals surface area contributed by atoms with Crippen molar-refractivity contribution in [2.24, 2.45) is 0 Å². The Kier molecular flexibility index (Phi) is 7.22. The normalized spacial score (nSPS) is 15.2. The van der Waals surface area contributed by atoms with Crippen LogP contribution in [0, 0.1) is 0 Å². The SMILES string of the molecule is CCc1c(C(=O)NN2CCC(O)CC2)nn(-c2ccc(Cl)cc2Cl)c1-c1ccc(Br)cc1. The molecule has 1 aliphatic heterocycles. The maximum absolute atomic E-state index is 13.2. The number of aromatic nitrogens is 2. The number of hydrogen-bond acceptors (Lipinski definition) is 4. The summed E-state index contributed by atoms with van der Waals surface area (Å²) in [6, 6.07) is 13.1. The lowest BCUT2D eigenvalue weighted by Crippen LogP contribution is -2.47. The smallest absolute Gasteiger partial charge is 0.286 e. The molecule has 9 heteroatoms. The molecule has 0 spiro atoms. The number of benzene rings is 2. The van der Waals surface area contributed by atoms with Gasteiger partial charge >= 0.3 is 0 Å². The van der Waals surface area contributed by atoms with Gasteiger partial charge in [-0.15, -0.1) is 0 Å². The number of hydrogen-bond donors (Lipinski definition) is 2. The van der Waals surface area contributed by atoms with Gasteiger partial charge in [-0.2, -0.15) is 5.10 Å². The molecule has 0 radical (unpaired) electrons. The molecule has 0 unspecified atom stereocenters. The number of aliphatic hydroxyl groups is 1. The zero-order chi connectivity index (χ0) is 22.8. The summed E-state index contributed by atoms with van der Waals surface area (Å²) in [7, 11) is 0. The van der Waals surface area contributed by atoms with E-state index in [-0.39, 0.29) is 12.0 Å². The molecule has 4 rings (SSSR count). The Morgan fingerprint density at radius 1 is 1.19 bits per heavy atom. The fraction of sp³-hybridized carbons (Fsp3) is 0.304. The summed E-state index contributed by atoms with van der Waals surface area (Å²) in [6.45, 7) is 3.19. The number of nitrogens with zero attached hydrogens (tertiary/aromatic N) is 3. The minimum atomic E-state index is -0.315. The van der Waals surface area contributed by atoms with Crippen LogP contribution in [0.4, 0.5) is 0 Å². The molecule has 1 saturated heterocycles. The second-order valence-electron chi connectivity index (χ2n) is 7.70. The second kappa shape index (κ2) is 9.93. The van der Waals surface area contributed by atoms with Crippen LogP contribution in [0.3, 0.4) is 0 Å². The fourth-order valence-corrected chi connectivity index (χ4v) is 4.63. The number of aliphatic hydroxyl groups excluding tert-OH is 1. The van der Waals surface area contributed by atoms with Crippen LogP contribution in [-0.4, -0.2) is 45.0 Å². The number of piperidine rings is 1. The van der Waals surface area contributed by atoms with Gasteiger partial charge < -0.3 is 5.11 Å². The van der Waals surface area contributed by atoms with E-state index in [1.54, 1.807) is 22.9 Å². The highest BCUT2D eigenvalue weighted by Crippen LogP contribution is 2.34. The minimum absolute atomic E-state index is 0.277. The van der Waals surface area contributed by atoms with E-state index in [0.717, 1.165) is 21.3 Å². The van der Waals surface area contributed by atoms with Crippen molar-refractivity contribution in [1.82, 2.24) is 20.2 Å². The Balaban J connectivity index is 1.80. The highest BCUT2D eigenvalue weighted by molar-refractivity contribution is 9.10. The van der Waals surface area contributed by atoms with E-state index in [4.69, 9.17) is 28.3 Å². The first-order valence-electron chi connectivity index (χ1n) is 10.4. The van der Waals surface area contributed by atoms with E-state index in [9.17, 15) is 9.90 Å². The molecular weight excluding hydrogens is 515 g/mol. The summed E-state index contributed by atoms with van der Waals surface area (Å²) in [5.74, 6) is -0.277. The van der Waals surface area contributed by atoms with E-state index in [1.165, 1.54) is 0 Å². The van der Waals surface area contributed by atoms with E-state index >= 15 is 0 Å². The van der Waals surface area contributed by atoms with Crippen molar-refractivity contribution in [3.05, 3.63) is 68.2 Å². The highest BCUT2D eigenvalue weighted by Gasteiger charge is 2.27. The lowest BCUT2D eigenvalue weighted by molar-refractivity contribution is 0.0463. The zero-order valence-corrected chi connectivity index (χ0v) is 20.6. The highest BCUT2D eigenvalue weighted by atomic mass is 79.9. The molecule has 1 aromatic heterocycles. The van der Waals surface area contributed by atoms with Crippen LogP contribution in [0.2, 0.25) is 10.0 Å². The first-order valence-corrected chi connectivity index (χ1v) is 12.0. The number of amides is 1. The van der Waals surface area contributed by atoms with Gasteiger partial charge in [-0.3, -0.25) is 10.2 Å². The summed E-state index contributed by atoms with van der Waals surface area (Å²) in [6.07, 6.45) is 1.54. The Morgan fingerprint density at radius 2 is 1.88 bits per heavy atom. The predicted molar refractivity (Wildman–Crippen MR) is 130 cm³/mol. The minimum Gasteiger partial charge on any atom is -0.393 e. The lowest BCUT2D eigenvalue weighted by Gasteiger charge is -2.29. The van der Waals surface area contributed by atoms with Gasteiger partial charge in [0.05, 0.1) is 22.5 Å². The number of halogens is 3. The molecule has 0 saturated carbocycles. The molecule has 0 atom stereocenters. The Bertz CT molecular complexity index is 1130. The first kappa shape index (κ1) is 23.3. The Hall–Kier alpha value is -1.90. The maximum atomic E-state index is 13.2. The van der Waals surface area contributed by atoms with Crippen molar-refractivity contribution >= 4 is 45.0 Å². The van der Waals surface area contributed by atoms with Gasteiger partial charge in [0.15, 0.2) is 5.69 Å². The molecule has 1 amide bonds. The van der Waals surface area contributed by atoms with Gasteiger partial charge in [-0.05, 0) is 49.6 Å². The fourth-order valence-electron chi connectivity index (χ4n) is 3.87. The standard InChI is InChI=1S/C23H23BrCl2N4O2/c1-2-18-21(23(32)28-29-11-9-17(31)10-12-29)27-30(20-8-7-16(25)13-19(20)26)22(18)14-3-5-15(24)6-4-14/h3-8,13,17,31H,2,9-12H2,1H3,(H,28,32). The van der Waals surface area contributed by atoms with Crippen molar-refractivity contribution in [2.75, 3.05) is 13.1 Å². The third-order valence-electron chi connectivity index (χ3n) is 5.53. The number of nitrogens with one attached hydrogen (secondary N) is 1. The molecule has 2 aromatic carbocycles. The van der Waals surface area contributed by atoms with Crippen molar-refractivity contribution in [3.8, 4) is 16.9 Å². The van der Waals surface area contributed by atoms with Gasteiger partial charge in [0.1, 0.15) is 0 Å². The summed E-state index contributed by atoms with van der Waals surface area (Å²) < 4.78 is 2.68. The molecule has 1 aliphatic rings. The van der Waals surface area contributed by atoms with Gasteiger partial charge in [0, 0.05) is 33.7 Å². The average molecular weight is 538 g/mol. The number of rotatable bonds is 5. The van der Waals surface area contributed by atoms with Crippen LogP contribution >= 0.6 is 39.1 Å². The van der Waals surface area contributed by atoms with Crippen molar-refractivity contribution < 1.29 is 9.90 Å². The molecule has 6 nitrogen and oxygen atoms in total. The van der Waals surface area contributed by atoms with Gasteiger partial charge in [0.2, 0.25) is 0 Å². The zero-order valence-electron chi connectivity index (χ0n) is 17.5. The monoisotopic (exact) mass is 536 g/mol. The summed E-state index contributed by atoms with van der Waals surface area (Å²) in [5.41, 5.74) is 6.50. The largest absolute Gasteiger partial charge is 0.393 e. The van der Waals surface area contributed by atoms with Crippen LogP contribution in [0.15, 0.2) is 46.9 Å². The van der Waals surface area contributed by atoms with E-state index < -0.39 is 0 Å². The number of carbonyl (C=O) groups excluding carboxylic acids is 1. The summed E-state index contributed by atoms with van der Waals surface area (Å²) in [4.78, 5) is 13.2. The van der Waals surface area contributed by atoms with Crippen LogP contribution in [0.1, 0.15) is 35.8 Å². The quantitative estimate of drug-likeness (QED) is 0.465. The van der Waals surface area contributed by atoms with Gasteiger partial charge in [-0.25, -0.2) is 9.69 Å². The number of carbonyl (C=O) groups is 1. The van der Waals surface area contributed by atoms with Crippen LogP contribution in [0.25, 0.3) is 16.9 Å². The van der Waals surface area contributed by atoms with Gasteiger partial charge in [-0.1, -0.05) is 58.2 Å². The van der Waals surface area contributed by atoms with Crippen LogP contribution in [-0.2, 0) is 6.42 Å². The molecular formula is C23H23BrCl2N4O2. The van der Waals surface area contributed by atoms with Crippen LogP contribution in [0.5, 0.6) is 0 Å². The predicted octanol–water partition coefficient (Wildman–Crippen LogP) is 5.27. The molecule has 32 heavy (non-hydrogen) atoms. The molecule has 0 bridgehead atoms. The van der Waals surface area contributed by atoms with Crippen molar-refractivity contribution in [2.45, 2.75) is 32.3 Å². The van der Waals surface area contributed by atoms with E-state index in [2.05, 4.69) is 21.4 Å².